The molecule has 0 aliphatic carbocycles. The second-order valence-corrected chi connectivity index (χ2v) is 5.64. The monoisotopic (exact) mass is 335 g/mol. The quantitative estimate of drug-likeness (QED) is 0.702. The summed E-state index contributed by atoms with van der Waals surface area (Å²) in [5.74, 6) is 0. The van der Waals surface area contributed by atoms with Gasteiger partial charge in [0.15, 0.2) is 0 Å². The Balaban J connectivity index is 0.00000400. The standard InChI is InChI=1S/C13H15F6N.ClH/c1-11(2,3)10(20)8-5-4-7(12(14,15)16)6-9(8)13(17,18)19;/h4-6,10H,20H2,1-3H3;1H/t10-;/m1./s1. The van der Waals surface area contributed by atoms with Crippen molar-refractivity contribution in [1.29, 1.82) is 0 Å². The molecule has 122 valence electrons. The topological polar surface area (TPSA) is 26.0 Å². The van der Waals surface area contributed by atoms with Crippen LogP contribution in [0.5, 0.6) is 0 Å². The van der Waals surface area contributed by atoms with Gasteiger partial charge < -0.3 is 5.73 Å². The molecule has 0 bridgehead atoms. The van der Waals surface area contributed by atoms with Gasteiger partial charge in [-0.1, -0.05) is 26.8 Å². The zero-order valence-corrected chi connectivity index (χ0v) is 12.4. The van der Waals surface area contributed by atoms with Gasteiger partial charge in [-0.05, 0) is 23.1 Å². The summed E-state index contributed by atoms with van der Waals surface area (Å²) in [6.07, 6.45) is -9.72. The predicted octanol–water partition coefficient (Wildman–Crippen LogP) is 5.19. The number of rotatable bonds is 1. The highest BCUT2D eigenvalue weighted by Gasteiger charge is 2.40. The number of hydrogen-bond donors (Lipinski definition) is 1. The van der Waals surface area contributed by atoms with Gasteiger partial charge in [0.25, 0.3) is 0 Å². The molecule has 1 aromatic carbocycles. The van der Waals surface area contributed by atoms with Gasteiger partial charge in [-0.3, -0.25) is 0 Å². The zero-order chi connectivity index (χ0) is 15.9. The summed E-state index contributed by atoms with van der Waals surface area (Å²) in [6, 6.07) is 0.514. The lowest BCUT2D eigenvalue weighted by molar-refractivity contribution is -0.143. The molecule has 0 spiro atoms. The fourth-order valence-electron chi connectivity index (χ4n) is 1.72. The SMILES string of the molecule is CC(C)(C)[C@H](N)c1ccc(C(F)(F)F)cc1C(F)(F)F.Cl. The second-order valence-electron chi connectivity index (χ2n) is 5.64. The van der Waals surface area contributed by atoms with E-state index in [2.05, 4.69) is 0 Å². The molecule has 1 atom stereocenters. The summed E-state index contributed by atoms with van der Waals surface area (Å²) < 4.78 is 76.4. The van der Waals surface area contributed by atoms with Crippen LogP contribution in [0.3, 0.4) is 0 Å². The van der Waals surface area contributed by atoms with Gasteiger partial charge in [-0.2, -0.15) is 26.3 Å². The van der Waals surface area contributed by atoms with E-state index in [0.29, 0.717) is 6.07 Å². The lowest BCUT2D eigenvalue weighted by Crippen LogP contribution is -2.29. The first-order chi connectivity index (χ1) is 8.74. The molecule has 0 radical (unpaired) electrons. The lowest BCUT2D eigenvalue weighted by atomic mass is 9.81. The maximum absolute atomic E-state index is 12.9. The molecule has 0 saturated heterocycles. The highest BCUT2D eigenvalue weighted by Crippen LogP contribution is 2.42. The Labute approximate surface area is 124 Å². The van der Waals surface area contributed by atoms with Crippen molar-refractivity contribution in [3.8, 4) is 0 Å². The molecule has 1 rings (SSSR count). The molecule has 21 heavy (non-hydrogen) atoms. The fraction of sp³-hybridized carbons (Fsp3) is 0.538. The normalized spacial score (nSPS) is 14.6. The smallest absolute Gasteiger partial charge is 0.324 e. The molecule has 0 heterocycles. The van der Waals surface area contributed by atoms with Crippen LogP contribution in [0.4, 0.5) is 26.3 Å². The van der Waals surface area contributed by atoms with Crippen molar-refractivity contribution < 1.29 is 26.3 Å². The third-order valence-corrected chi connectivity index (χ3v) is 2.95. The first-order valence-electron chi connectivity index (χ1n) is 5.78. The minimum Gasteiger partial charge on any atom is -0.324 e. The van der Waals surface area contributed by atoms with Gasteiger partial charge in [0.1, 0.15) is 0 Å². The van der Waals surface area contributed by atoms with Gasteiger partial charge in [0, 0.05) is 6.04 Å². The fourth-order valence-corrected chi connectivity index (χ4v) is 1.72. The highest BCUT2D eigenvalue weighted by molar-refractivity contribution is 5.85. The van der Waals surface area contributed by atoms with Gasteiger partial charge in [0.2, 0.25) is 0 Å². The Morgan fingerprint density at radius 3 is 1.71 bits per heavy atom. The van der Waals surface area contributed by atoms with Gasteiger partial charge >= 0.3 is 12.4 Å². The lowest BCUT2D eigenvalue weighted by Gasteiger charge is -2.30. The van der Waals surface area contributed by atoms with Crippen molar-refractivity contribution in [3.05, 3.63) is 34.9 Å². The molecule has 0 saturated carbocycles. The van der Waals surface area contributed by atoms with Gasteiger partial charge in [-0.15, -0.1) is 12.4 Å². The Morgan fingerprint density at radius 2 is 1.38 bits per heavy atom. The van der Waals surface area contributed by atoms with Gasteiger partial charge in [0.05, 0.1) is 11.1 Å². The summed E-state index contributed by atoms with van der Waals surface area (Å²) in [6.45, 7) is 4.86. The van der Waals surface area contributed by atoms with Crippen LogP contribution in [0.15, 0.2) is 18.2 Å². The van der Waals surface area contributed by atoms with E-state index >= 15 is 0 Å². The van der Waals surface area contributed by atoms with Crippen LogP contribution in [0, 0.1) is 5.41 Å². The van der Waals surface area contributed by atoms with Crippen LogP contribution < -0.4 is 5.73 Å². The Hall–Kier alpha value is -0.950. The first kappa shape index (κ1) is 20.1. The molecular formula is C13H16ClF6N. The third kappa shape index (κ3) is 4.78. The summed E-state index contributed by atoms with van der Waals surface area (Å²) in [7, 11) is 0. The second kappa shape index (κ2) is 6.04. The van der Waals surface area contributed by atoms with Crippen LogP contribution in [0.25, 0.3) is 0 Å². The highest BCUT2D eigenvalue weighted by atomic mass is 35.5. The Bertz CT molecular complexity index is 487. The number of benzene rings is 1. The molecule has 1 nitrogen and oxygen atoms in total. The molecule has 0 amide bonds. The summed E-state index contributed by atoms with van der Waals surface area (Å²) in [5.41, 5.74) is 2.03. The summed E-state index contributed by atoms with van der Waals surface area (Å²) in [5, 5.41) is 0. The van der Waals surface area contributed by atoms with Crippen molar-refractivity contribution in [2.45, 2.75) is 39.2 Å². The molecule has 1 aromatic rings. The van der Waals surface area contributed by atoms with E-state index < -0.39 is 34.9 Å². The molecule has 0 aliphatic rings. The molecule has 0 aliphatic heterocycles. The zero-order valence-electron chi connectivity index (χ0n) is 11.6. The van der Waals surface area contributed by atoms with E-state index in [1.54, 1.807) is 20.8 Å². The van der Waals surface area contributed by atoms with Crippen LogP contribution in [-0.4, -0.2) is 0 Å². The number of hydrogen-bond acceptors (Lipinski definition) is 1. The average molecular weight is 336 g/mol. The van der Waals surface area contributed by atoms with Crippen LogP contribution in [-0.2, 0) is 12.4 Å². The molecule has 0 unspecified atom stereocenters. The maximum Gasteiger partial charge on any atom is 0.416 e. The molecule has 2 N–H and O–H groups in total. The van der Waals surface area contributed by atoms with Crippen LogP contribution in [0.1, 0.15) is 43.5 Å². The number of alkyl halides is 6. The van der Waals surface area contributed by atoms with Crippen LogP contribution in [0.2, 0.25) is 0 Å². The van der Waals surface area contributed by atoms with E-state index in [-0.39, 0.29) is 24.0 Å². The third-order valence-electron chi connectivity index (χ3n) is 2.95. The van der Waals surface area contributed by atoms with Crippen molar-refractivity contribution in [1.82, 2.24) is 0 Å². The van der Waals surface area contributed by atoms with E-state index in [1.165, 1.54) is 0 Å². The first-order valence-corrected chi connectivity index (χ1v) is 5.78. The minimum absolute atomic E-state index is 0. The summed E-state index contributed by atoms with van der Waals surface area (Å²) in [4.78, 5) is 0. The van der Waals surface area contributed by atoms with E-state index in [0.717, 1.165) is 6.07 Å². The Kier molecular flexibility index (Phi) is 5.77. The largest absolute Gasteiger partial charge is 0.416 e. The van der Waals surface area contributed by atoms with Crippen molar-refractivity contribution >= 4 is 12.4 Å². The van der Waals surface area contributed by atoms with E-state index in [9.17, 15) is 26.3 Å². The minimum atomic E-state index is -4.89. The van der Waals surface area contributed by atoms with E-state index in [1.807, 2.05) is 0 Å². The molecule has 8 heteroatoms. The molecule has 0 aromatic heterocycles. The van der Waals surface area contributed by atoms with Crippen molar-refractivity contribution in [2.24, 2.45) is 11.1 Å². The van der Waals surface area contributed by atoms with Crippen molar-refractivity contribution in [2.75, 3.05) is 0 Å². The maximum atomic E-state index is 12.9. The number of nitrogens with two attached hydrogens (primary N) is 1. The molecular weight excluding hydrogens is 320 g/mol. The summed E-state index contributed by atoms with van der Waals surface area (Å²) >= 11 is 0. The predicted molar refractivity (Wildman–Crippen MR) is 70.1 cm³/mol. The molecule has 0 fully saturated rings. The van der Waals surface area contributed by atoms with Crippen molar-refractivity contribution in [3.63, 3.8) is 0 Å². The van der Waals surface area contributed by atoms with E-state index in [4.69, 9.17) is 5.73 Å². The van der Waals surface area contributed by atoms with Crippen LogP contribution >= 0.6 is 12.4 Å². The Morgan fingerprint density at radius 1 is 0.905 bits per heavy atom. The average Bonchev–Trinajstić information content (AvgIpc) is 2.23. The number of halogens is 7. The van der Waals surface area contributed by atoms with Gasteiger partial charge in [-0.25, -0.2) is 0 Å².